The van der Waals surface area contributed by atoms with E-state index in [4.69, 9.17) is 0 Å². The van der Waals surface area contributed by atoms with Crippen molar-refractivity contribution < 1.29 is 0 Å². The summed E-state index contributed by atoms with van der Waals surface area (Å²) < 4.78 is 0. The minimum atomic E-state index is 0.284. The van der Waals surface area contributed by atoms with E-state index < -0.39 is 0 Å². The number of hydrogen-bond donors (Lipinski definition) is 1. The Morgan fingerprint density at radius 2 is 1.75 bits per heavy atom. The van der Waals surface area contributed by atoms with E-state index >= 15 is 0 Å². The second kappa shape index (κ2) is 6.11. The molecule has 1 aromatic carbocycles. The Morgan fingerprint density at radius 1 is 1.12 bits per heavy atom. The average molecular weight is 216 g/mol. The minimum absolute atomic E-state index is 0.284. The molecule has 0 radical (unpaired) electrons. The third-order valence-corrected chi connectivity index (χ3v) is 2.47. The predicted octanol–water partition coefficient (Wildman–Crippen LogP) is 3.35. The number of rotatable bonds is 1. The highest BCUT2D eigenvalue weighted by molar-refractivity contribution is 6.00. The van der Waals surface area contributed by atoms with Gasteiger partial charge < -0.3 is 5.32 Å². The summed E-state index contributed by atoms with van der Waals surface area (Å²) in [5.74, 6) is 0.962. The van der Waals surface area contributed by atoms with Crippen LogP contribution in [0.3, 0.4) is 0 Å². The first-order chi connectivity index (χ1) is 7.77. The van der Waals surface area contributed by atoms with E-state index in [9.17, 15) is 0 Å². The van der Waals surface area contributed by atoms with Gasteiger partial charge in [0.05, 0.1) is 6.04 Å². The third-order valence-electron chi connectivity index (χ3n) is 2.47. The number of benzene rings is 1. The van der Waals surface area contributed by atoms with Crippen LogP contribution in [0.25, 0.3) is 0 Å². The molecular formula is C14H20N2. The fourth-order valence-electron chi connectivity index (χ4n) is 1.39. The number of hydrogen-bond acceptors (Lipinski definition) is 2. The van der Waals surface area contributed by atoms with Crippen LogP contribution in [0.2, 0.25) is 0 Å². The summed E-state index contributed by atoms with van der Waals surface area (Å²) in [7, 11) is 0. The van der Waals surface area contributed by atoms with Gasteiger partial charge in [-0.2, -0.15) is 0 Å². The highest BCUT2D eigenvalue weighted by Gasteiger charge is 2.10. The topological polar surface area (TPSA) is 24.4 Å². The van der Waals surface area contributed by atoms with E-state index in [0.29, 0.717) is 0 Å². The molecule has 0 amide bonds. The highest BCUT2D eigenvalue weighted by Crippen LogP contribution is 2.11. The molecule has 0 saturated carbocycles. The van der Waals surface area contributed by atoms with E-state index in [1.807, 2.05) is 38.2 Å². The van der Waals surface area contributed by atoms with E-state index in [2.05, 4.69) is 36.3 Å². The minimum Gasteiger partial charge on any atom is -0.346 e. The normalized spacial score (nSPS) is 18.6. The fraction of sp³-hybridized carbons (Fsp3) is 0.357. The van der Waals surface area contributed by atoms with Crippen molar-refractivity contribution in [3.05, 3.63) is 47.7 Å². The Labute approximate surface area is 98.1 Å². The first-order valence-corrected chi connectivity index (χ1v) is 5.84. The maximum Gasteiger partial charge on any atom is 0.132 e. The Kier molecular flexibility index (Phi) is 4.77. The fourth-order valence-corrected chi connectivity index (χ4v) is 1.39. The molecule has 1 aromatic rings. The molecular weight excluding hydrogens is 196 g/mol. The standard InChI is InChI=1S/C12H14N2.C2H6/c1-9-8-13-12(14-10(9)2)11-6-4-3-5-7-11;1-2/h3-8,10H,1-2H3,(H,13,14);1-2H3. The van der Waals surface area contributed by atoms with Crippen molar-refractivity contribution in [3.8, 4) is 0 Å². The van der Waals surface area contributed by atoms with Gasteiger partial charge in [0, 0.05) is 11.8 Å². The van der Waals surface area contributed by atoms with Crippen molar-refractivity contribution in [1.29, 1.82) is 0 Å². The van der Waals surface area contributed by atoms with Crippen molar-refractivity contribution in [2.24, 2.45) is 4.99 Å². The maximum absolute atomic E-state index is 4.57. The lowest BCUT2D eigenvalue weighted by molar-refractivity contribution is 0.823. The van der Waals surface area contributed by atoms with Crippen LogP contribution in [-0.2, 0) is 0 Å². The van der Waals surface area contributed by atoms with Crippen LogP contribution in [-0.4, -0.2) is 11.9 Å². The zero-order valence-corrected chi connectivity index (χ0v) is 10.5. The molecule has 0 aromatic heterocycles. The summed E-state index contributed by atoms with van der Waals surface area (Å²) in [5.41, 5.74) is 2.41. The number of aliphatic imine (C=N–C) groups is 1. The zero-order chi connectivity index (χ0) is 12.0. The second-order valence-corrected chi connectivity index (χ2v) is 3.55. The summed E-state index contributed by atoms with van der Waals surface area (Å²) in [6.45, 7) is 8.19. The van der Waals surface area contributed by atoms with Crippen LogP contribution in [0.4, 0.5) is 0 Å². The van der Waals surface area contributed by atoms with Gasteiger partial charge >= 0.3 is 0 Å². The van der Waals surface area contributed by atoms with Crippen molar-refractivity contribution in [1.82, 2.24) is 5.32 Å². The van der Waals surface area contributed by atoms with E-state index in [1.54, 1.807) is 0 Å². The van der Waals surface area contributed by atoms with E-state index in [0.717, 1.165) is 11.4 Å². The van der Waals surface area contributed by atoms with Crippen LogP contribution in [0.5, 0.6) is 0 Å². The van der Waals surface area contributed by atoms with Crippen LogP contribution in [0.15, 0.2) is 47.1 Å². The van der Waals surface area contributed by atoms with E-state index in [-0.39, 0.29) is 6.04 Å². The molecule has 0 saturated heterocycles. The molecule has 1 N–H and O–H groups in total. The molecule has 0 bridgehead atoms. The van der Waals surface area contributed by atoms with Crippen molar-refractivity contribution in [2.45, 2.75) is 33.7 Å². The number of nitrogens with zero attached hydrogens (tertiary/aromatic N) is 1. The Hall–Kier alpha value is -1.57. The maximum atomic E-state index is 4.57. The van der Waals surface area contributed by atoms with Gasteiger partial charge in [0.1, 0.15) is 5.84 Å². The van der Waals surface area contributed by atoms with E-state index in [1.165, 1.54) is 5.57 Å². The first-order valence-electron chi connectivity index (χ1n) is 5.84. The van der Waals surface area contributed by atoms with Crippen LogP contribution in [0, 0.1) is 0 Å². The van der Waals surface area contributed by atoms with Gasteiger partial charge in [0.15, 0.2) is 0 Å². The SMILES string of the molecule is CC.CC1=CNC(c2ccccc2)=NC1C. The first kappa shape index (κ1) is 12.5. The lowest BCUT2D eigenvalue weighted by atomic mass is 10.1. The van der Waals surface area contributed by atoms with Crippen molar-refractivity contribution in [3.63, 3.8) is 0 Å². The van der Waals surface area contributed by atoms with Gasteiger partial charge in [0.2, 0.25) is 0 Å². The zero-order valence-electron chi connectivity index (χ0n) is 10.5. The van der Waals surface area contributed by atoms with Gasteiger partial charge in [-0.05, 0) is 19.4 Å². The molecule has 2 heteroatoms. The summed E-state index contributed by atoms with van der Waals surface area (Å²) >= 11 is 0. The molecule has 2 rings (SSSR count). The van der Waals surface area contributed by atoms with Crippen LogP contribution < -0.4 is 5.32 Å². The largest absolute Gasteiger partial charge is 0.346 e. The molecule has 16 heavy (non-hydrogen) atoms. The molecule has 0 fully saturated rings. The molecule has 1 aliphatic heterocycles. The summed E-state index contributed by atoms with van der Waals surface area (Å²) in [6, 6.07) is 10.5. The van der Waals surface area contributed by atoms with Crippen LogP contribution in [0.1, 0.15) is 33.3 Å². The Balaban J connectivity index is 0.000000606. The molecule has 2 nitrogen and oxygen atoms in total. The average Bonchev–Trinajstić information content (AvgIpc) is 2.36. The Bertz CT molecular complexity index is 377. The third kappa shape index (κ3) is 2.96. The van der Waals surface area contributed by atoms with Crippen LogP contribution >= 0.6 is 0 Å². The second-order valence-electron chi connectivity index (χ2n) is 3.55. The molecule has 86 valence electrons. The van der Waals surface area contributed by atoms with Crippen molar-refractivity contribution >= 4 is 5.84 Å². The quantitative estimate of drug-likeness (QED) is 0.765. The highest BCUT2D eigenvalue weighted by atomic mass is 15.0. The summed E-state index contributed by atoms with van der Waals surface area (Å²) in [5, 5.41) is 3.20. The lowest BCUT2D eigenvalue weighted by Gasteiger charge is -2.17. The predicted molar refractivity (Wildman–Crippen MR) is 70.7 cm³/mol. The molecule has 1 atom stereocenters. The monoisotopic (exact) mass is 216 g/mol. The molecule has 1 unspecified atom stereocenters. The lowest BCUT2D eigenvalue weighted by Crippen LogP contribution is -2.26. The summed E-state index contributed by atoms with van der Waals surface area (Å²) in [4.78, 5) is 4.57. The number of amidine groups is 1. The van der Waals surface area contributed by atoms with Gasteiger partial charge in [-0.25, -0.2) is 0 Å². The van der Waals surface area contributed by atoms with Gasteiger partial charge in [0.25, 0.3) is 0 Å². The van der Waals surface area contributed by atoms with Crippen molar-refractivity contribution in [2.75, 3.05) is 0 Å². The molecule has 0 aliphatic carbocycles. The molecule has 0 spiro atoms. The number of nitrogens with one attached hydrogen (secondary N) is 1. The Morgan fingerprint density at radius 3 is 2.31 bits per heavy atom. The van der Waals surface area contributed by atoms with Gasteiger partial charge in [-0.3, -0.25) is 4.99 Å². The van der Waals surface area contributed by atoms with Gasteiger partial charge in [-0.15, -0.1) is 0 Å². The summed E-state index contributed by atoms with van der Waals surface area (Å²) in [6.07, 6.45) is 2.03. The van der Waals surface area contributed by atoms with Gasteiger partial charge in [-0.1, -0.05) is 44.2 Å². The molecule has 1 aliphatic rings. The smallest absolute Gasteiger partial charge is 0.132 e. The molecule has 1 heterocycles.